The molecule has 1 heterocycles. The van der Waals surface area contributed by atoms with E-state index < -0.39 is 17.8 Å². The highest BCUT2D eigenvalue weighted by Crippen LogP contribution is 2.34. The predicted molar refractivity (Wildman–Crippen MR) is 109 cm³/mol. The zero-order valence-electron chi connectivity index (χ0n) is 15.4. The van der Waals surface area contributed by atoms with Crippen LogP contribution in [0, 0.1) is 0 Å². The largest absolute Gasteiger partial charge is 0.416 e. The molecule has 0 spiro atoms. The zero-order chi connectivity index (χ0) is 21.0. The van der Waals surface area contributed by atoms with Crippen LogP contribution in [-0.4, -0.2) is 11.9 Å². The van der Waals surface area contributed by atoms with Crippen molar-refractivity contribution in [3.63, 3.8) is 0 Å². The summed E-state index contributed by atoms with van der Waals surface area (Å²) in [6.45, 7) is 3.47. The van der Waals surface area contributed by atoms with E-state index in [2.05, 4.69) is 22.2 Å². The molecule has 0 saturated heterocycles. The van der Waals surface area contributed by atoms with Crippen LogP contribution in [0.1, 0.15) is 23.1 Å². The summed E-state index contributed by atoms with van der Waals surface area (Å²) in [7, 11) is 0. The number of hydrogen-bond donors (Lipinski definition) is 3. The van der Waals surface area contributed by atoms with Crippen molar-refractivity contribution in [2.75, 3.05) is 10.6 Å². The lowest BCUT2D eigenvalue weighted by molar-refractivity contribution is -0.138. The van der Waals surface area contributed by atoms with Crippen LogP contribution in [0.25, 0.3) is 5.57 Å². The topological polar surface area (TPSA) is 79.5 Å². The minimum Gasteiger partial charge on any atom is -0.387 e. The van der Waals surface area contributed by atoms with Gasteiger partial charge in [-0.2, -0.15) is 13.2 Å². The molecule has 2 aromatic carbocycles. The Kier molecular flexibility index (Phi) is 5.72. The van der Waals surface area contributed by atoms with Gasteiger partial charge in [0, 0.05) is 24.0 Å². The lowest BCUT2D eigenvalue weighted by Gasteiger charge is -2.15. The smallest absolute Gasteiger partial charge is 0.387 e. The number of rotatable bonds is 5. The van der Waals surface area contributed by atoms with Gasteiger partial charge in [-0.3, -0.25) is 0 Å². The van der Waals surface area contributed by atoms with Gasteiger partial charge in [0.1, 0.15) is 5.84 Å². The monoisotopic (exact) mass is 400 g/mol. The Labute approximate surface area is 165 Å². The molecule has 5 nitrogen and oxygen atoms in total. The molecule has 4 N–H and O–H groups in total. The van der Waals surface area contributed by atoms with Gasteiger partial charge in [-0.1, -0.05) is 24.3 Å². The molecule has 1 aliphatic rings. The molecule has 0 radical (unpaired) electrons. The predicted octanol–water partition coefficient (Wildman–Crippen LogP) is 5.18. The van der Waals surface area contributed by atoms with Gasteiger partial charge in [-0.15, -0.1) is 6.58 Å². The molecule has 0 aromatic heterocycles. The number of hydrogen-bond acceptors (Lipinski definition) is 3. The van der Waals surface area contributed by atoms with Gasteiger partial charge in [-0.25, -0.2) is 9.79 Å². The Hall–Kier alpha value is -3.55. The third kappa shape index (κ3) is 5.04. The average Bonchev–Trinajstić information content (AvgIpc) is 3.09. The van der Waals surface area contributed by atoms with Crippen LogP contribution in [-0.2, 0) is 12.6 Å². The van der Waals surface area contributed by atoms with E-state index in [1.165, 1.54) is 18.2 Å². The van der Waals surface area contributed by atoms with E-state index in [-0.39, 0.29) is 17.7 Å². The standard InChI is InChI=1S/C21H19F3N4O/c1-2-4-13-7-8-17(11-18(13)21(22,23)24)28-20(29)27-16-6-3-5-14(9-16)15-10-19(25)26-12-15/h2-3,5-9,11-12H,1,4,10H2,(H2,25,26)(H2,27,28,29). The van der Waals surface area contributed by atoms with Gasteiger partial charge >= 0.3 is 12.2 Å². The van der Waals surface area contributed by atoms with Crippen molar-refractivity contribution in [2.24, 2.45) is 10.7 Å². The second-order valence-corrected chi connectivity index (χ2v) is 6.47. The molecule has 0 aliphatic carbocycles. The lowest BCUT2D eigenvalue weighted by Crippen LogP contribution is -2.20. The number of anilines is 2. The molecule has 2 aromatic rings. The Morgan fingerprint density at radius 1 is 1.17 bits per heavy atom. The summed E-state index contributed by atoms with van der Waals surface area (Å²) in [5.74, 6) is 0.511. The number of carbonyl (C=O) groups is 1. The van der Waals surface area contributed by atoms with Crippen LogP contribution in [0.15, 0.2) is 66.3 Å². The van der Waals surface area contributed by atoms with E-state index >= 15 is 0 Å². The molecule has 0 atom stereocenters. The first-order chi connectivity index (χ1) is 13.8. The summed E-state index contributed by atoms with van der Waals surface area (Å²) in [6.07, 6.45) is -0.862. The van der Waals surface area contributed by atoms with Crippen LogP contribution in [0.5, 0.6) is 0 Å². The molecule has 150 valence electrons. The molecule has 0 fully saturated rings. The molecular formula is C21H19F3N4O. The molecule has 29 heavy (non-hydrogen) atoms. The molecular weight excluding hydrogens is 381 g/mol. The molecule has 3 rings (SSSR count). The Balaban J connectivity index is 1.72. The highest BCUT2D eigenvalue weighted by Gasteiger charge is 2.33. The third-order valence-corrected chi connectivity index (χ3v) is 4.29. The molecule has 1 aliphatic heterocycles. The number of amides is 2. The summed E-state index contributed by atoms with van der Waals surface area (Å²) in [6, 6.07) is 10.1. The summed E-state index contributed by atoms with van der Waals surface area (Å²) in [4.78, 5) is 16.3. The number of carbonyl (C=O) groups excluding carboxylic acids is 1. The number of alkyl halides is 3. The number of allylic oxidation sites excluding steroid dienone is 1. The van der Waals surface area contributed by atoms with E-state index in [0.717, 1.165) is 17.2 Å². The second-order valence-electron chi connectivity index (χ2n) is 6.47. The summed E-state index contributed by atoms with van der Waals surface area (Å²) in [5, 5.41) is 5.06. The fourth-order valence-electron chi connectivity index (χ4n) is 2.97. The number of aliphatic imine (C=N–C) groups is 1. The number of benzene rings is 2. The number of urea groups is 1. The van der Waals surface area contributed by atoms with E-state index in [1.807, 2.05) is 6.07 Å². The average molecular weight is 400 g/mol. The van der Waals surface area contributed by atoms with Crippen LogP contribution in [0.2, 0.25) is 0 Å². The van der Waals surface area contributed by atoms with Gasteiger partial charge in [-0.05, 0) is 47.4 Å². The molecule has 0 bridgehead atoms. The van der Waals surface area contributed by atoms with Crippen LogP contribution in [0.3, 0.4) is 0 Å². The van der Waals surface area contributed by atoms with Gasteiger partial charge in [0.15, 0.2) is 0 Å². The fourth-order valence-corrected chi connectivity index (χ4v) is 2.97. The Bertz CT molecular complexity index is 1010. The van der Waals surface area contributed by atoms with Gasteiger partial charge in [0.2, 0.25) is 0 Å². The maximum absolute atomic E-state index is 13.3. The minimum atomic E-state index is -4.53. The van der Waals surface area contributed by atoms with Crippen LogP contribution >= 0.6 is 0 Å². The fraction of sp³-hybridized carbons (Fsp3) is 0.143. The Morgan fingerprint density at radius 2 is 1.90 bits per heavy atom. The van der Waals surface area contributed by atoms with Gasteiger partial charge < -0.3 is 16.4 Å². The maximum Gasteiger partial charge on any atom is 0.416 e. The van der Waals surface area contributed by atoms with Crippen molar-refractivity contribution < 1.29 is 18.0 Å². The van der Waals surface area contributed by atoms with Crippen molar-refractivity contribution in [3.8, 4) is 0 Å². The SMILES string of the molecule is C=CCc1ccc(NC(=O)Nc2cccc(C3=CN=C(N)C3)c2)cc1C(F)(F)F. The normalized spacial score (nSPS) is 13.5. The van der Waals surface area contributed by atoms with Crippen molar-refractivity contribution in [2.45, 2.75) is 19.0 Å². The van der Waals surface area contributed by atoms with Crippen LogP contribution < -0.4 is 16.4 Å². The first kappa shape index (κ1) is 20.2. The Morgan fingerprint density at radius 3 is 2.52 bits per heavy atom. The number of amidine groups is 1. The number of halogens is 3. The van der Waals surface area contributed by atoms with Gasteiger partial charge in [0.25, 0.3) is 0 Å². The number of nitrogens with one attached hydrogen (secondary N) is 2. The molecule has 2 amide bonds. The molecule has 0 unspecified atom stereocenters. The van der Waals surface area contributed by atoms with Crippen LogP contribution in [0.4, 0.5) is 29.3 Å². The maximum atomic E-state index is 13.3. The van der Waals surface area contributed by atoms with Crippen molar-refractivity contribution >= 4 is 28.8 Å². The third-order valence-electron chi connectivity index (χ3n) is 4.29. The summed E-state index contributed by atoms with van der Waals surface area (Å²) < 4.78 is 39.8. The summed E-state index contributed by atoms with van der Waals surface area (Å²) in [5.41, 5.74) is 7.26. The lowest BCUT2D eigenvalue weighted by atomic mass is 10.0. The van der Waals surface area contributed by atoms with Gasteiger partial charge in [0.05, 0.1) is 5.56 Å². The van der Waals surface area contributed by atoms with E-state index in [1.54, 1.807) is 24.4 Å². The van der Waals surface area contributed by atoms with E-state index in [9.17, 15) is 18.0 Å². The first-order valence-electron chi connectivity index (χ1n) is 8.77. The van der Waals surface area contributed by atoms with Crippen molar-refractivity contribution in [1.82, 2.24) is 0 Å². The number of nitrogens with zero attached hydrogens (tertiary/aromatic N) is 1. The van der Waals surface area contributed by atoms with Crippen molar-refractivity contribution in [3.05, 3.63) is 78.0 Å². The molecule has 8 heteroatoms. The van der Waals surface area contributed by atoms with Crippen molar-refractivity contribution in [1.29, 1.82) is 0 Å². The first-order valence-corrected chi connectivity index (χ1v) is 8.77. The minimum absolute atomic E-state index is 0.0402. The summed E-state index contributed by atoms with van der Waals surface area (Å²) >= 11 is 0. The van der Waals surface area contributed by atoms with E-state index in [0.29, 0.717) is 17.9 Å². The van der Waals surface area contributed by atoms with E-state index in [4.69, 9.17) is 5.73 Å². The zero-order valence-corrected chi connectivity index (χ0v) is 15.4. The highest BCUT2D eigenvalue weighted by molar-refractivity contribution is 6.00. The number of nitrogens with two attached hydrogens (primary N) is 1. The highest BCUT2D eigenvalue weighted by atomic mass is 19.4. The second kappa shape index (κ2) is 8.22. The quantitative estimate of drug-likeness (QED) is 0.605. The molecule has 0 saturated carbocycles.